The zero-order chi connectivity index (χ0) is 18.1. The molecular formula is C20H17Cl2N3O. The number of nitrogens with one attached hydrogen (secondary N) is 2. The van der Waals surface area contributed by atoms with Gasteiger partial charge < -0.3 is 4.98 Å². The number of nitrogens with zero attached hydrogens (tertiary/aromatic N) is 1. The summed E-state index contributed by atoms with van der Waals surface area (Å²) in [4.78, 5) is 15.9. The Morgan fingerprint density at radius 1 is 1.15 bits per heavy atom. The van der Waals surface area contributed by atoms with Gasteiger partial charge in [0.1, 0.15) is 0 Å². The predicted octanol–water partition coefficient (Wildman–Crippen LogP) is 5.12. The molecule has 0 saturated carbocycles. The lowest BCUT2D eigenvalue weighted by Crippen LogP contribution is -2.17. The Labute approximate surface area is 161 Å². The van der Waals surface area contributed by atoms with Gasteiger partial charge in [0, 0.05) is 27.7 Å². The van der Waals surface area contributed by atoms with Gasteiger partial charge in [-0.15, -0.1) is 0 Å². The number of carbonyl (C=O) groups is 1. The number of amides is 1. The Balaban J connectivity index is 1.54. The average Bonchev–Trinajstić information content (AvgIpc) is 3.03. The van der Waals surface area contributed by atoms with Crippen molar-refractivity contribution in [2.45, 2.75) is 25.7 Å². The van der Waals surface area contributed by atoms with Crippen LogP contribution in [0.15, 0.2) is 41.5 Å². The molecule has 4 nitrogen and oxygen atoms in total. The van der Waals surface area contributed by atoms with Gasteiger partial charge in [-0.1, -0.05) is 35.3 Å². The van der Waals surface area contributed by atoms with Crippen molar-refractivity contribution in [1.29, 1.82) is 0 Å². The summed E-state index contributed by atoms with van der Waals surface area (Å²) in [7, 11) is 0. The van der Waals surface area contributed by atoms with Crippen molar-refractivity contribution in [3.63, 3.8) is 0 Å². The number of fused-ring (bicyclic) bond motifs is 3. The zero-order valence-electron chi connectivity index (χ0n) is 14.0. The number of halogens is 2. The monoisotopic (exact) mass is 385 g/mol. The van der Waals surface area contributed by atoms with Gasteiger partial charge in [-0.3, -0.25) is 4.79 Å². The third-order valence-corrected chi connectivity index (χ3v) is 5.54. The highest BCUT2D eigenvalue weighted by Gasteiger charge is 2.16. The normalized spacial score (nSPS) is 13.9. The molecule has 0 aliphatic heterocycles. The van der Waals surface area contributed by atoms with Crippen molar-refractivity contribution in [3.8, 4) is 0 Å². The van der Waals surface area contributed by atoms with Crippen LogP contribution in [0, 0.1) is 0 Å². The van der Waals surface area contributed by atoms with Crippen LogP contribution in [-0.4, -0.2) is 17.1 Å². The molecule has 0 saturated heterocycles. The van der Waals surface area contributed by atoms with Gasteiger partial charge in [0.2, 0.25) is 0 Å². The molecule has 0 atom stereocenters. The van der Waals surface area contributed by atoms with Gasteiger partial charge in [0.05, 0.1) is 16.3 Å². The second-order valence-electron chi connectivity index (χ2n) is 6.39. The fourth-order valence-electron chi connectivity index (χ4n) is 3.39. The van der Waals surface area contributed by atoms with E-state index in [0.29, 0.717) is 21.2 Å². The predicted molar refractivity (Wildman–Crippen MR) is 106 cm³/mol. The van der Waals surface area contributed by atoms with Crippen LogP contribution in [-0.2, 0) is 12.8 Å². The topological polar surface area (TPSA) is 57.2 Å². The molecule has 2 aromatic carbocycles. The molecule has 1 amide bonds. The van der Waals surface area contributed by atoms with Crippen LogP contribution in [0.1, 0.15) is 40.0 Å². The summed E-state index contributed by atoms with van der Waals surface area (Å²) < 4.78 is 0. The minimum Gasteiger partial charge on any atom is -0.358 e. The van der Waals surface area contributed by atoms with E-state index in [0.717, 1.165) is 23.7 Å². The third-order valence-electron chi connectivity index (χ3n) is 4.71. The van der Waals surface area contributed by atoms with E-state index in [1.807, 2.05) is 18.2 Å². The fraction of sp³-hybridized carbons (Fsp3) is 0.200. The van der Waals surface area contributed by atoms with Crippen LogP contribution < -0.4 is 5.43 Å². The second-order valence-corrected chi connectivity index (χ2v) is 7.18. The molecule has 1 heterocycles. The van der Waals surface area contributed by atoms with E-state index in [4.69, 9.17) is 23.2 Å². The number of hydrogen-bond donors (Lipinski definition) is 2. The molecule has 0 spiro atoms. The van der Waals surface area contributed by atoms with Crippen LogP contribution in [0.25, 0.3) is 10.9 Å². The molecular weight excluding hydrogens is 369 g/mol. The molecule has 1 aliphatic carbocycles. The number of rotatable bonds is 3. The molecule has 3 aromatic rings. The lowest BCUT2D eigenvalue weighted by atomic mass is 9.95. The summed E-state index contributed by atoms with van der Waals surface area (Å²) in [5, 5.41) is 5.99. The summed E-state index contributed by atoms with van der Waals surface area (Å²) in [6.07, 6.45) is 6.04. The van der Waals surface area contributed by atoms with Crippen LogP contribution in [0.3, 0.4) is 0 Å². The largest absolute Gasteiger partial charge is 0.358 e. The number of H-pyrrole nitrogens is 1. The molecule has 2 N–H and O–H groups in total. The zero-order valence-corrected chi connectivity index (χ0v) is 15.5. The Morgan fingerprint density at radius 3 is 2.88 bits per heavy atom. The van der Waals surface area contributed by atoms with E-state index in [9.17, 15) is 4.79 Å². The number of aryl methyl sites for hydroxylation is 2. The van der Waals surface area contributed by atoms with E-state index in [2.05, 4.69) is 15.5 Å². The molecule has 1 aromatic heterocycles. The first-order chi connectivity index (χ1) is 12.6. The first-order valence-electron chi connectivity index (χ1n) is 8.54. The number of aromatic nitrogens is 1. The summed E-state index contributed by atoms with van der Waals surface area (Å²) in [6, 6.07) is 11.0. The Morgan fingerprint density at radius 2 is 2.00 bits per heavy atom. The fourth-order valence-corrected chi connectivity index (χ4v) is 3.75. The average molecular weight is 386 g/mol. The maximum absolute atomic E-state index is 12.4. The second kappa shape index (κ2) is 7.14. The SMILES string of the molecule is O=C(N/N=C\c1cccc(Cl)c1Cl)c1ccc2[nH]c3c(c2c1)CCCC3. The standard InChI is InChI=1S/C20H17Cl2N3O/c21-16-6-3-4-13(19(16)22)11-23-25-20(26)12-8-9-18-15(10-12)14-5-1-2-7-17(14)24-18/h3-4,6,8-11,24H,1-2,5,7H2,(H,25,26)/b23-11-. The quantitative estimate of drug-likeness (QED) is 0.477. The van der Waals surface area contributed by atoms with Crippen molar-refractivity contribution in [3.05, 3.63) is 68.8 Å². The smallest absolute Gasteiger partial charge is 0.271 e. The lowest BCUT2D eigenvalue weighted by molar-refractivity contribution is 0.0955. The number of aromatic amines is 1. The minimum atomic E-state index is -0.257. The van der Waals surface area contributed by atoms with Crippen molar-refractivity contribution in [2.24, 2.45) is 5.10 Å². The third kappa shape index (κ3) is 3.22. The Hall–Kier alpha value is -2.30. The first-order valence-corrected chi connectivity index (χ1v) is 9.30. The van der Waals surface area contributed by atoms with Gasteiger partial charge in [0.25, 0.3) is 5.91 Å². The lowest BCUT2D eigenvalue weighted by Gasteiger charge is -2.10. The Bertz CT molecular complexity index is 1020. The molecule has 6 heteroatoms. The molecule has 1 aliphatic rings. The molecule has 0 unspecified atom stereocenters. The van der Waals surface area contributed by atoms with Crippen molar-refractivity contribution < 1.29 is 4.79 Å². The molecule has 132 valence electrons. The van der Waals surface area contributed by atoms with E-state index >= 15 is 0 Å². The van der Waals surface area contributed by atoms with Gasteiger partial charge >= 0.3 is 0 Å². The number of carbonyl (C=O) groups excluding carboxylic acids is 1. The van der Waals surface area contributed by atoms with E-state index < -0.39 is 0 Å². The van der Waals surface area contributed by atoms with Crippen LogP contribution in [0.4, 0.5) is 0 Å². The minimum absolute atomic E-state index is 0.257. The van der Waals surface area contributed by atoms with Crippen LogP contribution >= 0.6 is 23.2 Å². The molecule has 4 rings (SSSR count). The summed E-state index contributed by atoms with van der Waals surface area (Å²) in [5.74, 6) is -0.257. The molecule has 0 radical (unpaired) electrons. The van der Waals surface area contributed by atoms with E-state index in [-0.39, 0.29) is 5.91 Å². The maximum atomic E-state index is 12.4. The van der Waals surface area contributed by atoms with E-state index in [1.54, 1.807) is 18.2 Å². The van der Waals surface area contributed by atoms with Crippen LogP contribution in [0.5, 0.6) is 0 Å². The van der Waals surface area contributed by atoms with Crippen molar-refractivity contribution >= 4 is 46.2 Å². The number of benzene rings is 2. The number of hydrogen-bond acceptors (Lipinski definition) is 2. The molecule has 26 heavy (non-hydrogen) atoms. The van der Waals surface area contributed by atoms with Gasteiger partial charge in [0.15, 0.2) is 0 Å². The van der Waals surface area contributed by atoms with Gasteiger partial charge in [-0.2, -0.15) is 5.10 Å². The first kappa shape index (κ1) is 17.1. The summed E-state index contributed by atoms with van der Waals surface area (Å²) in [6.45, 7) is 0. The van der Waals surface area contributed by atoms with Crippen molar-refractivity contribution in [2.75, 3.05) is 0 Å². The molecule has 0 bridgehead atoms. The van der Waals surface area contributed by atoms with Gasteiger partial charge in [-0.05, 0) is 55.5 Å². The summed E-state index contributed by atoms with van der Waals surface area (Å²) >= 11 is 12.1. The van der Waals surface area contributed by atoms with Gasteiger partial charge in [-0.25, -0.2) is 5.43 Å². The summed E-state index contributed by atoms with van der Waals surface area (Å²) in [5.41, 5.74) is 7.51. The molecule has 0 fully saturated rings. The number of hydrazone groups is 1. The van der Waals surface area contributed by atoms with E-state index in [1.165, 1.54) is 30.3 Å². The highest BCUT2D eigenvalue weighted by atomic mass is 35.5. The Kier molecular flexibility index (Phi) is 4.70. The van der Waals surface area contributed by atoms with Crippen molar-refractivity contribution in [1.82, 2.24) is 10.4 Å². The highest BCUT2D eigenvalue weighted by molar-refractivity contribution is 6.43. The highest BCUT2D eigenvalue weighted by Crippen LogP contribution is 2.29. The van der Waals surface area contributed by atoms with Crippen LogP contribution in [0.2, 0.25) is 10.0 Å². The maximum Gasteiger partial charge on any atom is 0.271 e.